The van der Waals surface area contributed by atoms with E-state index in [-0.39, 0.29) is 39.0 Å². The van der Waals surface area contributed by atoms with Crippen molar-refractivity contribution >= 4 is 30.7 Å². The summed E-state index contributed by atoms with van der Waals surface area (Å²) in [6.45, 7) is 35.0. The molecule has 0 saturated heterocycles. The van der Waals surface area contributed by atoms with Crippen LogP contribution in [-0.4, -0.2) is 50.6 Å². The van der Waals surface area contributed by atoms with Crippen LogP contribution in [0.25, 0.3) is 0 Å². The molecule has 0 aromatic heterocycles. The van der Waals surface area contributed by atoms with Crippen LogP contribution in [0.3, 0.4) is 0 Å². The van der Waals surface area contributed by atoms with E-state index in [1.807, 2.05) is 6.07 Å². The first kappa shape index (κ1) is 37.4. The van der Waals surface area contributed by atoms with Crippen LogP contribution in [0, 0.1) is 5.92 Å². The molecule has 0 aliphatic heterocycles. The zero-order valence-corrected chi connectivity index (χ0v) is 34.0. The molecule has 0 heterocycles. The molecule has 0 bridgehead atoms. The highest BCUT2D eigenvalue weighted by atomic mass is 28.4. The van der Waals surface area contributed by atoms with Gasteiger partial charge in [0.25, 0.3) is 0 Å². The Labute approximate surface area is 273 Å². The fraction of sp³-hybridized carbons (Fsp3) is 0.750. The molecule has 8 heteroatoms. The van der Waals surface area contributed by atoms with Crippen LogP contribution in [0.15, 0.2) is 29.3 Å². The second-order valence-corrected chi connectivity index (χ2v) is 32.2. The Hall–Kier alpha value is -1.04. The maximum absolute atomic E-state index is 13.9. The summed E-state index contributed by atoms with van der Waals surface area (Å²) >= 11 is 0. The van der Waals surface area contributed by atoms with Gasteiger partial charge in [-0.3, -0.25) is 4.79 Å². The molecule has 5 nitrogen and oxygen atoms in total. The maximum Gasteiger partial charge on any atom is 0.193 e. The van der Waals surface area contributed by atoms with E-state index >= 15 is 0 Å². The molecule has 2 aliphatic carbocycles. The number of carbonyl (C=O) groups is 1. The van der Waals surface area contributed by atoms with Crippen molar-refractivity contribution in [3.8, 4) is 5.75 Å². The molecule has 1 aromatic rings. The van der Waals surface area contributed by atoms with Crippen molar-refractivity contribution in [1.29, 1.82) is 0 Å². The Bertz CT molecular complexity index is 1230. The minimum Gasteiger partial charge on any atom is -0.496 e. The van der Waals surface area contributed by atoms with E-state index in [1.165, 1.54) is 16.7 Å². The van der Waals surface area contributed by atoms with Gasteiger partial charge in [0.1, 0.15) is 5.75 Å². The highest BCUT2D eigenvalue weighted by Gasteiger charge is 2.48. The van der Waals surface area contributed by atoms with E-state index in [0.717, 1.165) is 24.2 Å². The van der Waals surface area contributed by atoms with Crippen molar-refractivity contribution in [3.63, 3.8) is 0 Å². The second-order valence-electron chi connectivity index (χ2n) is 17.9. The third-order valence-corrected chi connectivity index (χ3v) is 25.1. The largest absolute Gasteiger partial charge is 0.496 e. The average molecular weight is 661 g/mol. The van der Waals surface area contributed by atoms with Crippen LogP contribution >= 0.6 is 0 Å². The number of ether oxygens (including phenoxy) is 1. The summed E-state index contributed by atoms with van der Waals surface area (Å²) in [4.78, 5) is 13.9. The Balaban J connectivity index is 2.04. The number of rotatable bonds is 11. The van der Waals surface area contributed by atoms with Gasteiger partial charge in [0.2, 0.25) is 0 Å². The molecule has 2 unspecified atom stereocenters. The van der Waals surface area contributed by atoms with Gasteiger partial charge in [-0.05, 0) is 102 Å². The fourth-order valence-electron chi connectivity index (χ4n) is 5.55. The molecule has 0 N–H and O–H groups in total. The molecular formula is C36H64O5Si3. The molecule has 2 aliphatic rings. The molecule has 44 heavy (non-hydrogen) atoms. The summed E-state index contributed by atoms with van der Waals surface area (Å²) in [7, 11) is -4.46. The van der Waals surface area contributed by atoms with E-state index in [1.54, 1.807) is 7.11 Å². The number of allylic oxidation sites excluding steroid dienone is 1. The van der Waals surface area contributed by atoms with E-state index in [4.69, 9.17) is 18.0 Å². The Kier molecular flexibility index (Phi) is 10.9. The first-order chi connectivity index (χ1) is 19.8. The lowest BCUT2D eigenvalue weighted by molar-refractivity contribution is -0.115. The van der Waals surface area contributed by atoms with Crippen molar-refractivity contribution in [1.82, 2.24) is 0 Å². The number of hydrogen-bond donors (Lipinski definition) is 0. The van der Waals surface area contributed by atoms with Crippen LogP contribution in [-0.2, 0) is 24.5 Å². The highest BCUT2D eigenvalue weighted by molar-refractivity contribution is 6.75. The molecule has 3 rings (SSSR count). The summed E-state index contributed by atoms with van der Waals surface area (Å²) in [6.07, 6.45) is 2.57. The van der Waals surface area contributed by atoms with Crippen molar-refractivity contribution in [3.05, 3.63) is 40.5 Å². The summed E-state index contributed by atoms with van der Waals surface area (Å²) in [5, 5.41) is 0.261. The van der Waals surface area contributed by atoms with Crippen LogP contribution < -0.4 is 4.74 Å². The number of methoxy groups -OCH3 is 1. The smallest absolute Gasteiger partial charge is 0.193 e. The number of Topliss-reactive ketones (excluding diaryl/α,β-unsaturated/α-hetero) is 1. The van der Waals surface area contributed by atoms with E-state index in [2.05, 4.69) is 114 Å². The fourth-order valence-corrected chi connectivity index (χ4v) is 9.15. The Morgan fingerprint density at radius 1 is 0.818 bits per heavy atom. The van der Waals surface area contributed by atoms with Crippen molar-refractivity contribution in [2.24, 2.45) is 5.92 Å². The Morgan fingerprint density at radius 2 is 1.39 bits per heavy atom. The van der Waals surface area contributed by atoms with Gasteiger partial charge in [-0.2, -0.15) is 0 Å². The summed E-state index contributed by atoms with van der Waals surface area (Å²) < 4.78 is 26.9. The minimum absolute atomic E-state index is 0.0471. The molecule has 0 radical (unpaired) electrons. The predicted molar refractivity (Wildman–Crippen MR) is 192 cm³/mol. The summed E-state index contributed by atoms with van der Waals surface area (Å²) in [6, 6.07) is 6.30. The van der Waals surface area contributed by atoms with Gasteiger partial charge in [-0.25, -0.2) is 0 Å². The SMILES string of the molecule is COc1cccc2c1C[C@H]1CC(=O)C(CCC(CO[Si](C)(C)C(C)(C)C)O[Si](C)(C)C(C)(C)C)=C1C2O[Si](C)(C)C(C)(C)C. The zero-order chi connectivity index (χ0) is 33.7. The van der Waals surface area contributed by atoms with E-state index in [9.17, 15) is 4.79 Å². The zero-order valence-electron chi connectivity index (χ0n) is 31.0. The van der Waals surface area contributed by atoms with E-state index < -0.39 is 25.0 Å². The van der Waals surface area contributed by atoms with Crippen molar-refractivity contribution in [2.45, 2.75) is 155 Å². The van der Waals surface area contributed by atoms with Crippen molar-refractivity contribution in [2.75, 3.05) is 13.7 Å². The molecule has 0 spiro atoms. The molecular weight excluding hydrogens is 597 g/mol. The van der Waals surface area contributed by atoms with Crippen LogP contribution in [0.4, 0.5) is 0 Å². The Morgan fingerprint density at radius 3 is 1.91 bits per heavy atom. The lowest BCUT2D eigenvalue weighted by Gasteiger charge is -2.43. The van der Waals surface area contributed by atoms with Gasteiger partial charge in [-0.15, -0.1) is 0 Å². The predicted octanol–water partition coefficient (Wildman–Crippen LogP) is 10.4. The quantitative estimate of drug-likeness (QED) is 0.221. The van der Waals surface area contributed by atoms with Gasteiger partial charge in [-0.1, -0.05) is 74.4 Å². The monoisotopic (exact) mass is 660 g/mol. The lowest BCUT2D eigenvalue weighted by atomic mass is 9.78. The first-order valence-electron chi connectivity index (χ1n) is 16.7. The second kappa shape index (κ2) is 12.9. The van der Waals surface area contributed by atoms with Gasteiger partial charge < -0.3 is 18.0 Å². The van der Waals surface area contributed by atoms with Crippen LogP contribution in [0.2, 0.25) is 54.4 Å². The van der Waals surface area contributed by atoms with Gasteiger partial charge >= 0.3 is 0 Å². The molecule has 250 valence electrons. The number of carbonyl (C=O) groups excluding carboxylic acids is 1. The minimum atomic E-state index is -2.17. The third-order valence-electron chi connectivity index (χ3n) is 11.6. The molecule has 1 aromatic carbocycles. The maximum atomic E-state index is 13.9. The number of ketones is 1. The first-order valence-corrected chi connectivity index (χ1v) is 25.5. The van der Waals surface area contributed by atoms with Gasteiger partial charge in [0, 0.05) is 12.0 Å². The summed E-state index contributed by atoms with van der Waals surface area (Å²) in [5.41, 5.74) is 4.56. The molecule has 0 fully saturated rings. The van der Waals surface area contributed by atoms with Crippen LogP contribution in [0.5, 0.6) is 5.75 Å². The molecule has 0 saturated carbocycles. The standard InChI is InChI=1S/C36H64O5Si3/c1-34(2,3)42(11,12)39-24-26(40-43(13,14)35(4,5)6)20-21-28-30(37)23-25-22-29-27(18-17-19-31(29)38-10)33(32(25)28)41-44(15,16)36(7,8)9/h17-19,25-26,33H,20-24H2,1-16H3/t25-,26?,33?/m0/s1. The molecule has 0 amide bonds. The highest BCUT2D eigenvalue weighted by Crippen LogP contribution is 2.53. The third kappa shape index (κ3) is 7.91. The average Bonchev–Trinajstić information content (AvgIpc) is 3.17. The summed E-state index contributed by atoms with van der Waals surface area (Å²) in [5.74, 6) is 1.33. The molecule has 3 atom stereocenters. The lowest BCUT2D eigenvalue weighted by Crippen LogP contribution is -2.47. The normalized spacial score (nSPS) is 21.0. The number of benzene rings is 1. The topological polar surface area (TPSA) is 54.0 Å². The van der Waals surface area contributed by atoms with Crippen LogP contribution in [0.1, 0.15) is 98.8 Å². The van der Waals surface area contributed by atoms with Gasteiger partial charge in [0.15, 0.2) is 30.7 Å². The number of hydrogen-bond acceptors (Lipinski definition) is 5. The van der Waals surface area contributed by atoms with E-state index in [0.29, 0.717) is 19.4 Å². The van der Waals surface area contributed by atoms with Gasteiger partial charge in [0.05, 0.1) is 25.9 Å². The van der Waals surface area contributed by atoms with Crippen molar-refractivity contribution < 1.29 is 22.8 Å². The number of fused-ring (bicyclic) bond motifs is 2.